The van der Waals surface area contributed by atoms with Crippen molar-refractivity contribution in [2.75, 3.05) is 33.4 Å². The molecule has 1 aromatic carbocycles. The highest BCUT2D eigenvalue weighted by atomic mass is 16.6. The van der Waals surface area contributed by atoms with Crippen molar-refractivity contribution in [1.29, 1.82) is 0 Å². The van der Waals surface area contributed by atoms with Gasteiger partial charge in [-0.2, -0.15) is 0 Å². The van der Waals surface area contributed by atoms with Crippen molar-refractivity contribution < 1.29 is 19.4 Å². The Kier molecular flexibility index (Phi) is 6.55. The molecule has 1 heterocycles. The molecule has 2 rings (SSSR count). The summed E-state index contributed by atoms with van der Waals surface area (Å²) in [5.41, 5.74) is 1.83. The lowest BCUT2D eigenvalue weighted by atomic mass is 10.0. The number of benzene rings is 1. The van der Waals surface area contributed by atoms with E-state index in [2.05, 4.69) is 4.99 Å². The summed E-state index contributed by atoms with van der Waals surface area (Å²) < 4.78 is 10.5. The molecule has 1 N–H and O–H groups in total. The molecule has 1 fully saturated rings. The smallest absolute Gasteiger partial charge is 0.409 e. The number of methoxy groups -OCH3 is 1. The predicted octanol–water partition coefficient (Wildman–Crippen LogP) is 2.04. The average Bonchev–Trinajstić information content (AvgIpc) is 2.60. The summed E-state index contributed by atoms with van der Waals surface area (Å²) in [6.45, 7) is 3.04. The fraction of sp³-hybridized carbons (Fsp3) is 0.529. The monoisotopic (exact) mass is 320 g/mol. The molecular weight excluding hydrogens is 296 g/mol. The van der Waals surface area contributed by atoms with Gasteiger partial charge in [0.05, 0.1) is 25.8 Å². The van der Waals surface area contributed by atoms with Gasteiger partial charge in [-0.25, -0.2) is 4.79 Å². The molecule has 0 saturated carbocycles. The number of nitrogens with zero attached hydrogens (tertiary/aromatic N) is 2. The van der Waals surface area contributed by atoms with Gasteiger partial charge in [0, 0.05) is 25.8 Å². The van der Waals surface area contributed by atoms with Crippen LogP contribution in [0.2, 0.25) is 0 Å². The van der Waals surface area contributed by atoms with Crippen molar-refractivity contribution in [2.24, 2.45) is 4.99 Å². The largest absolute Gasteiger partial charge is 0.450 e. The Morgan fingerprint density at radius 2 is 2.17 bits per heavy atom. The second-order valence-electron chi connectivity index (χ2n) is 5.35. The van der Waals surface area contributed by atoms with Crippen LogP contribution < -0.4 is 0 Å². The second-order valence-corrected chi connectivity index (χ2v) is 5.35. The molecule has 23 heavy (non-hydrogen) atoms. The number of aliphatic hydroxyl groups is 1. The van der Waals surface area contributed by atoms with Crippen LogP contribution in [0.1, 0.15) is 24.9 Å². The quantitative estimate of drug-likeness (QED) is 0.901. The topological polar surface area (TPSA) is 71.4 Å². The number of aliphatic imine (C=N–C) groups is 1. The molecule has 0 aliphatic carbocycles. The lowest BCUT2D eigenvalue weighted by Gasteiger charge is -2.33. The summed E-state index contributed by atoms with van der Waals surface area (Å²) in [4.78, 5) is 18.1. The molecular formula is C17H24N2O4. The van der Waals surface area contributed by atoms with Crippen molar-refractivity contribution in [3.63, 3.8) is 0 Å². The van der Waals surface area contributed by atoms with Crippen molar-refractivity contribution >= 4 is 11.8 Å². The number of amides is 1. The Morgan fingerprint density at radius 3 is 2.78 bits per heavy atom. The molecule has 1 aliphatic rings. The molecule has 1 aliphatic heterocycles. The van der Waals surface area contributed by atoms with Crippen molar-refractivity contribution in [1.82, 2.24) is 4.90 Å². The van der Waals surface area contributed by atoms with Crippen LogP contribution in [0.4, 0.5) is 4.79 Å². The number of carbonyl (C=O) groups excluding carboxylic acids is 1. The number of aliphatic hydroxyl groups excluding tert-OH is 1. The highest BCUT2D eigenvalue weighted by Crippen LogP contribution is 2.20. The SMILES string of the molecule is CCOC(=O)N1CCC(=NC(CO)c2ccccc2)[C@H](OC)C1. The molecule has 126 valence electrons. The van der Waals surface area contributed by atoms with Crippen LogP contribution in [0, 0.1) is 0 Å². The fourth-order valence-corrected chi connectivity index (χ4v) is 2.64. The maximum Gasteiger partial charge on any atom is 0.409 e. The zero-order valence-corrected chi connectivity index (χ0v) is 13.6. The highest BCUT2D eigenvalue weighted by Gasteiger charge is 2.29. The van der Waals surface area contributed by atoms with Gasteiger partial charge >= 0.3 is 6.09 Å². The van der Waals surface area contributed by atoms with Crippen LogP contribution in [0.3, 0.4) is 0 Å². The molecule has 6 heteroatoms. The van der Waals surface area contributed by atoms with E-state index >= 15 is 0 Å². The number of rotatable bonds is 5. The minimum Gasteiger partial charge on any atom is -0.450 e. The van der Waals surface area contributed by atoms with E-state index in [1.54, 1.807) is 18.9 Å². The Hall–Kier alpha value is -1.92. The number of hydrogen-bond donors (Lipinski definition) is 1. The van der Waals surface area contributed by atoms with Gasteiger partial charge in [-0.1, -0.05) is 30.3 Å². The van der Waals surface area contributed by atoms with Gasteiger partial charge in [0.15, 0.2) is 0 Å². The third-order valence-electron chi connectivity index (χ3n) is 3.89. The van der Waals surface area contributed by atoms with Crippen LogP contribution in [-0.2, 0) is 9.47 Å². The molecule has 2 atom stereocenters. The average molecular weight is 320 g/mol. The van der Waals surface area contributed by atoms with Gasteiger partial charge in [0.2, 0.25) is 0 Å². The zero-order chi connectivity index (χ0) is 16.7. The number of carbonyl (C=O) groups is 1. The molecule has 1 aromatic rings. The van der Waals surface area contributed by atoms with E-state index in [0.29, 0.717) is 26.1 Å². The van der Waals surface area contributed by atoms with Crippen LogP contribution in [-0.4, -0.2) is 61.3 Å². The van der Waals surface area contributed by atoms with Crippen molar-refractivity contribution in [2.45, 2.75) is 25.5 Å². The Labute approximate surface area is 136 Å². The molecule has 1 saturated heterocycles. The van der Waals surface area contributed by atoms with Crippen molar-refractivity contribution in [3.8, 4) is 0 Å². The number of piperidine rings is 1. The van der Waals surface area contributed by atoms with E-state index in [4.69, 9.17) is 9.47 Å². The van der Waals surface area contributed by atoms with E-state index in [1.165, 1.54) is 0 Å². The van der Waals surface area contributed by atoms with Crippen molar-refractivity contribution in [3.05, 3.63) is 35.9 Å². The summed E-state index contributed by atoms with van der Waals surface area (Å²) >= 11 is 0. The maximum atomic E-state index is 11.8. The lowest BCUT2D eigenvalue weighted by Crippen LogP contribution is -2.48. The van der Waals surface area contributed by atoms with E-state index in [0.717, 1.165) is 11.3 Å². The van der Waals surface area contributed by atoms with Gasteiger partial charge in [-0.15, -0.1) is 0 Å². The highest BCUT2D eigenvalue weighted by molar-refractivity contribution is 5.91. The number of hydrogen-bond acceptors (Lipinski definition) is 5. The second kappa shape index (κ2) is 8.64. The van der Waals surface area contributed by atoms with Gasteiger partial charge in [-0.05, 0) is 12.5 Å². The summed E-state index contributed by atoms with van der Waals surface area (Å²) in [5, 5.41) is 9.65. The predicted molar refractivity (Wildman–Crippen MR) is 87.7 cm³/mol. The van der Waals surface area contributed by atoms with Gasteiger partial charge in [-0.3, -0.25) is 4.99 Å². The molecule has 0 spiro atoms. The number of ether oxygens (including phenoxy) is 2. The third-order valence-corrected chi connectivity index (χ3v) is 3.89. The Bertz CT molecular complexity index is 533. The van der Waals surface area contributed by atoms with E-state index in [-0.39, 0.29) is 24.8 Å². The van der Waals surface area contributed by atoms with Crippen LogP contribution in [0.5, 0.6) is 0 Å². The molecule has 1 unspecified atom stereocenters. The summed E-state index contributed by atoms with van der Waals surface area (Å²) in [6.07, 6.45) is 0.0157. The first-order valence-corrected chi connectivity index (χ1v) is 7.86. The Morgan fingerprint density at radius 1 is 1.43 bits per heavy atom. The molecule has 1 amide bonds. The van der Waals surface area contributed by atoms with E-state index < -0.39 is 0 Å². The minimum absolute atomic E-state index is 0.0640. The first kappa shape index (κ1) is 17.4. The van der Waals surface area contributed by atoms with Gasteiger partial charge < -0.3 is 19.5 Å². The minimum atomic E-state index is -0.324. The first-order valence-electron chi connectivity index (χ1n) is 7.86. The van der Waals surface area contributed by atoms with Crippen LogP contribution in [0.25, 0.3) is 0 Å². The van der Waals surface area contributed by atoms with Gasteiger partial charge in [0.25, 0.3) is 0 Å². The Balaban J connectivity index is 2.11. The van der Waals surface area contributed by atoms with Gasteiger partial charge in [0.1, 0.15) is 6.10 Å². The summed E-state index contributed by atoms with van der Waals surface area (Å²) in [7, 11) is 1.60. The molecule has 0 radical (unpaired) electrons. The third kappa shape index (κ3) is 4.53. The molecule has 0 aromatic heterocycles. The fourth-order valence-electron chi connectivity index (χ4n) is 2.64. The van der Waals surface area contributed by atoms with E-state index in [1.807, 2.05) is 30.3 Å². The lowest BCUT2D eigenvalue weighted by molar-refractivity contribution is 0.0686. The normalized spacial score (nSPS) is 21.3. The summed E-state index contributed by atoms with van der Waals surface area (Å²) in [5.74, 6) is 0. The number of likely N-dealkylation sites (tertiary alicyclic amines) is 1. The maximum absolute atomic E-state index is 11.8. The van der Waals surface area contributed by atoms with E-state index in [9.17, 15) is 9.90 Å². The molecule has 0 bridgehead atoms. The summed E-state index contributed by atoms with van der Waals surface area (Å²) in [6, 6.07) is 9.37. The van der Waals surface area contributed by atoms with Crippen LogP contribution >= 0.6 is 0 Å². The molecule has 6 nitrogen and oxygen atoms in total. The van der Waals surface area contributed by atoms with Crippen LogP contribution in [0.15, 0.2) is 35.3 Å². The standard InChI is InChI=1S/C17H24N2O4/c1-3-23-17(21)19-10-9-14(16(11-19)22-2)18-15(12-20)13-7-5-4-6-8-13/h4-8,15-16,20H,3,9-12H2,1-2H3/t15?,16-/m1/s1. The zero-order valence-electron chi connectivity index (χ0n) is 13.6. The first-order chi connectivity index (χ1) is 11.2.